The number of likely N-dealkylation sites (N-methyl/N-ethyl adjacent to an activating group) is 1. The van der Waals surface area contributed by atoms with E-state index in [0.717, 1.165) is 0 Å². The van der Waals surface area contributed by atoms with Crippen LogP contribution < -0.4 is 0 Å². The van der Waals surface area contributed by atoms with Crippen LogP contribution in [0.15, 0.2) is 0 Å². The first-order valence-corrected chi connectivity index (χ1v) is 15.5. The number of ketones is 2. The number of hydrogen-bond donors (Lipinski definition) is 0. The van der Waals surface area contributed by atoms with Gasteiger partial charge in [0.15, 0.2) is 29.9 Å². The van der Waals surface area contributed by atoms with Crippen LogP contribution in [0.25, 0.3) is 0 Å². The molecule has 0 bridgehead atoms. The number of cyclic esters (lactones) is 1. The van der Waals surface area contributed by atoms with E-state index < -0.39 is 89.6 Å². The molecule has 13 heteroatoms. The first-order valence-electron chi connectivity index (χ1n) is 15.5. The molecule has 4 fully saturated rings. The molecule has 248 valence electrons. The first-order chi connectivity index (χ1) is 20.5. The van der Waals surface area contributed by atoms with E-state index in [0.29, 0.717) is 6.42 Å². The summed E-state index contributed by atoms with van der Waals surface area (Å²) >= 11 is 0. The van der Waals surface area contributed by atoms with Crippen LogP contribution in [-0.2, 0) is 47.5 Å². The standard InChI is InChI=1S/C31H47NO12/c1-11-20-31(8)25(43-29(37)44-31)16(4)21(33)14(2)13-30(7,38-10)24(17(5)22(34)18(6)26(35)40-20)42-27-23-19(12-15(3)39-27)32(9)28(36)41-23/h14-20,23-25,27H,11-13H2,1-10H3/t14-,15-,16+,17+,18-,19+,20-,23-,24-,25+,27+,30-,31-/m1/s1. The highest BCUT2D eigenvalue weighted by molar-refractivity contribution is 6.00. The maximum Gasteiger partial charge on any atom is 0.509 e. The van der Waals surface area contributed by atoms with Gasteiger partial charge in [-0.25, -0.2) is 9.59 Å². The third kappa shape index (κ3) is 5.94. The van der Waals surface area contributed by atoms with Gasteiger partial charge < -0.3 is 38.1 Å². The number of Topliss-reactive ketones (excluding diaryl/α,β-unsaturated/α-hetero) is 2. The number of hydrogen-bond acceptors (Lipinski definition) is 12. The first kappa shape index (κ1) is 34.1. The van der Waals surface area contributed by atoms with Crippen molar-refractivity contribution in [3.63, 3.8) is 0 Å². The summed E-state index contributed by atoms with van der Waals surface area (Å²) in [5.74, 6) is -5.18. The highest BCUT2D eigenvalue weighted by atomic mass is 16.8. The topological polar surface area (TPSA) is 153 Å². The van der Waals surface area contributed by atoms with E-state index in [1.165, 1.54) is 18.9 Å². The van der Waals surface area contributed by atoms with Gasteiger partial charge >= 0.3 is 18.2 Å². The fourth-order valence-corrected chi connectivity index (χ4v) is 7.37. The summed E-state index contributed by atoms with van der Waals surface area (Å²) in [5.41, 5.74) is -2.72. The van der Waals surface area contributed by atoms with Gasteiger partial charge in [-0.2, -0.15) is 0 Å². The van der Waals surface area contributed by atoms with Crippen LogP contribution in [0.4, 0.5) is 9.59 Å². The monoisotopic (exact) mass is 625 g/mol. The van der Waals surface area contributed by atoms with Crippen LogP contribution >= 0.6 is 0 Å². The maximum absolute atomic E-state index is 14.0. The number of amides is 1. The molecule has 4 saturated heterocycles. The van der Waals surface area contributed by atoms with Gasteiger partial charge in [0.1, 0.15) is 17.8 Å². The summed E-state index contributed by atoms with van der Waals surface area (Å²) < 4.78 is 41.2. The largest absolute Gasteiger partial charge is 0.509 e. The molecule has 4 rings (SSSR count). The Morgan fingerprint density at radius 1 is 0.932 bits per heavy atom. The van der Waals surface area contributed by atoms with Gasteiger partial charge in [-0.15, -0.1) is 0 Å². The zero-order valence-electron chi connectivity index (χ0n) is 27.3. The lowest BCUT2D eigenvalue weighted by atomic mass is 9.74. The SMILES string of the molecule is CC[C@H]1OC(=O)[C@H](C)C(=O)[C@H](C)[C@@H](O[C@@H]2O[C@H](C)C[C@H]3[C@H]2OC(=O)N3C)[C@](C)(OC)C[C@@H](C)C(=O)[C@H](C)[C@@H]2OC(=O)O[C@]12C. The van der Waals surface area contributed by atoms with Gasteiger partial charge in [-0.05, 0) is 47.0 Å². The van der Waals surface area contributed by atoms with Crippen LogP contribution in [0.1, 0.15) is 74.7 Å². The minimum absolute atomic E-state index is 0.110. The molecule has 0 N–H and O–H groups in total. The second-order valence-electron chi connectivity index (χ2n) is 13.3. The zero-order valence-corrected chi connectivity index (χ0v) is 27.3. The Balaban J connectivity index is 1.75. The summed E-state index contributed by atoms with van der Waals surface area (Å²) in [6, 6.07) is -0.304. The van der Waals surface area contributed by atoms with Crippen LogP contribution in [0, 0.1) is 23.7 Å². The van der Waals surface area contributed by atoms with Crippen molar-refractivity contribution in [2.75, 3.05) is 14.2 Å². The fraction of sp³-hybridized carbons (Fsp3) is 0.839. The normalized spacial score (nSPS) is 45.5. The summed E-state index contributed by atoms with van der Waals surface area (Å²) in [6.07, 6.45) is -5.74. The summed E-state index contributed by atoms with van der Waals surface area (Å²) in [7, 11) is 3.11. The Labute approximate surface area is 258 Å². The van der Waals surface area contributed by atoms with Crippen LogP contribution in [0.2, 0.25) is 0 Å². The van der Waals surface area contributed by atoms with Crippen molar-refractivity contribution in [2.45, 2.75) is 129 Å². The quantitative estimate of drug-likeness (QED) is 0.255. The van der Waals surface area contributed by atoms with Crippen LogP contribution in [-0.4, -0.2) is 103 Å². The van der Waals surface area contributed by atoms with E-state index in [-0.39, 0.29) is 30.8 Å². The Bertz CT molecular complexity index is 1160. The lowest BCUT2D eigenvalue weighted by Crippen LogP contribution is -2.58. The predicted octanol–water partition coefficient (Wildman–Crippen LogP) is 3.43. The molecule has 0 saturated carbocycles. The molecular formula is C31H47NO12. The Morgan fingerprint density at radius 2 is 1.59 bits per heavy atom. The molecule has 0 aromatic heterocycles. The van der Waals surface area contributed by atoms with Gasteiger partial charge in [0.25, 0.3) is 0 Å². The number of rotatable bonds is 4. The Kier molecular flexibility index (Phi) is 9.73. The lowest BCUT2D eigenvalue weighted by Gasteiger charge is -2.45. The van der Waals surface area contributed by atoms with E-state index in [1.54, 1.807) is 48.6 Å². The number of methoxy groups -OCH3 is 1. The minimum atomic E-state index is -1.46. The van der Waals surface area contributed by atoms with Crippen molar-refractivity contribution in [2.24, 2.45) is 23.7 Å². The van der Waals surface area contributed by atoms with Crippen LogP contribution in [0.5, 0.6) is 0 Å². The predicted molar refractivity (Wildman–Crippen MR) is 152 cm³/mol. The van der Waals surface area contributed by atoms with Gasteiger partial charge in [0.2, 0.25) is 0 Å². The molecule has 0 aromatic carbocycles. The molecule has 0 radical (unpaired) electrons. The van der Waals surface area contributed by atoms with E-state index in [4.69, 9.17) is 33.2 Å². The third-order valence-electron chi connectivity index (χ3n) is 10.1. The zero-order chi connectivity index (χ0) is 32.9. The second-order valence-corrected chi connectivity index (χ2v) is 13.3. The van der Waals surface area contributed by atoms with E-state index in [2.05, 4.69) is 0 Å². The molecular weight excluding hydrogens is 578 g/mol. The van der Waals surface area contributed by atoms with Gasteiger partial charge in [0, 0.05) is 26.0 Å². The molecule has 4 heterocycles. The summed E-state index contributed by atoms with van der Waals surface area (Å²) in [6.45, 7) is 13.4. The van der Waals surface area contributed by atoms with Gasteiger partial charge in [-0.3, -0.25) is 14.4 Å². The van der Waals surface area contributed by atoms with E-state index in [1.807, 2.05) is 6.92 Å². The summed E-state index contributed by atoms with van der Waals surface area (Å²) in [4.78, 5) is 67.7. The third-order valence-corrected chi connectivity index (χ3v) is 10.1. The lowest BCUT2D eigenvalue weighted by molar-refractivity contribution is -0.284. The molecule has 13 atom stereocenters. The molecule has 1 amide bonds. The molecule has 0 aromatic rings. The minimum Gasteiger partial charge on any atom is -0.457 e. The average Bonchev–Trinajstić information content (AvgIpc) is 3.45. The number of carbonyl (C=O) groups excluding carboxylic acids is 5. The van der Waals surface area contributed by atoms with Crippen LogP contribution in [0.3, 0.4) is 0 Å². The fourth-order valence-electron chi connectivity index (χ4n) is 7.37. The molecule has 0 spiro atoms. The van der Waals surface area contributed by atoms with Crippen molar-refractivity contribution in [1.29, 1.82) is 0 Å². The Morgan fingerprint density at radius 3 is 2.20 bits per heavy atom. The van der Waals surface area contributed by atoms with E-state index in [9.17, 15) is 24.0 Å². The Hall–Kier alpha value is -2.77. The molecule has 44 heavy (non-hydrogen) atoms. The van der Waals surface area contributed by atoms with Crippen molar-refractivity contribution in [3.8, 4) is 0 Å². The number of fused-ring (bicyclic) bond motifs is 2. The second kappa shape index (κ2) is 12.6. The van der Waals surface area contributed by atoms with Crippen molar-refractivity contribution in [3.05, 3.63) is 0 Å². The average molecular weight is 626 g/mol. The maximum atomic E-state index is 14.0. The van der Waals surface area contributed by atoms with Crippen molar-refractivity contribution < 1.29 is 57.1 Å². The molecule has 0 aliphatic carbocycles. The number of carbonyl (C=O) groups is 5. The highest BCUT2D eigenvalue weighted by Crippen LogP contribution is 2.42. The molecule has 4 aliphatic rings. The number of ether oxygens (including phenoxy) is 7. The van der Waals surface area contributed by atoms with Gasteiger partial charge in [-0.1, -0.05) is 27.7 Å². The van der Waals surface area contributed by atoms with E-state index >= 15 is 0 Å². The van der Waals surface area contributed by atoms with Crippen molar-refractivity contribution >= 4 is 29.8 Å². The van der Waals surface area contributed by atoms with Gasteiger partial charge in [0.05, 0.1) is 29.8 Å². The number of nitrogens with zero attached hydrogens (tertiary/aromatic N) is 1. The molecule has 0 unspecified atom stereocenters. The van der Waals surface area contributed by atoms with Crippen molar-refractivity contribution in [1.82, 2.24) is 4.90 Å². The smallest absolute Gasteiger partial charge is 0.457 e. The summed E-state index contributed by atoms with van der Waals surface area (Å²) in [5, 5.41) is 0. The molecule has 13 nitrogen and oxygen atoms in total. The molecule has 4 aliphatic heterocycles. The number of esters is 1. The highest BCUT2D eigenvalue weighted by Gasteiger charge is 2.59.